The molecule has 3 heterocycles. The van der Waals surface area contributed by atoms with Crippen molar-refractivity contribution in [1.29, 1.82) is 0 Å². The molecule has 0 aromatic carbocycles. The van der Waals surface area contributed by atoms with Gasteiger partial charge in [0, 0.05) is 18.7 Å². The minimum Gasteiger partial charge on any atom is -0.325 e. The van der Waals surface area contributed by atoms with E-state index in [1.807, 2.05) is 30.0 Å². The third kappa shape index (κ3) is 2.05. The number of pyridine rings is 1. The Morgan fingerprint density at radius 2 is 2.35 bits per heavy atom. The lowest BCUT2D eigenvalue weighted by atomic mass is 10.1. The van der Waals surface area contributed by atoms with Crippen molar-refractivity contribution in [2.75, 3.05) is 11.5 Å². The number of hydrogen-bond donors (Lipinski definition) is 1. The van der Waals surface area contributed by atoms with E-state index in [1.54, 1.807) is 0 Å². The summed E-state index contributed by atoms with van der Waals surface area (Å²) in [6.45, 7) is 0.530. The fraction of sp³-hybridized carbons (Fsp3) is 0.500. The zero-order valence-corrected chi connectivity index (χ0v) is 10.5. The van der Waals surface area contributed by atoms with Crippen molar-refractivity contribution < 1.29 is 0 Å². The smallest absolute Gasteiger partial charge is 0.161 e. The van der Waals surface area contributed by atoms with Gasteiger partial charge in [-0.25, -0.2) is 0 Å². The van der Waals surface area contributed by atoms with Gasteiger partial charge in [-0.3, -0.25) is 4.40 Å². The molecule has 1 saturated heterocycles. The fourth-order valence-electron chi connectivity index (χ4n) is 2.37. The largest absolute Gasteiger partial charge is 0.325 e. The second-order valence-corrected chi connectivity index (χ2v) is 5.61. The Kier molecular flexibility index (Phi) is 3.03. The van der Waals surface area contributed by atoms with Crippen LogP contribution in [0.5, 0.6) is 0 Å². The highest BCUT2D eigenvalue weighted by molar-refractivity contribution is 7.99. The van der Waals surface area contributed by atoms with Gasteiger partial charge in [0.25, 0.3) is 0 Å². The van der Waals surface area contributed by atoms with Crippen LogP contribution in [0.4, 0.5) is 0 Å². The first-order chi connectivity index (χ1) is 8.38. The fourth-order valence-corrected chi connectivity index (χ4v) is 3.65. The van der Waals surface area contributed by atoms with E-state index in [9.17, 15) is 0 Å². The summed E-state index contributed by atoms with van der Waals surface area (Å²) < 4.78 is 2.11. The van der Waals surface area contributed by atoms with Gasteiger partial charge in [-0.15, -0.1) is 10.2 Å². The van der Waals surface area contributed by atoms with Crippen molar-refractivity contribution >= 4 is 17.4 Å². The summed E-state index contributed by atoms with van der Waals surface area (Å²) in [5, 5.41) is 8.54. The van der Waals surface area contributed by atoms with Crippen LogP contribution in [0.1, 0.15) is 17.9 Å². The first-order valence-electron chi connectivity index (χ1n) is 5.98. The van der Waals surface area contributed by atoms with Crippen LogP contribution in [0.25, 0.3) is 5.65 Å². The third-order valence-corrected chi connectivity index (χ3v) is 4.51. The van der Waals surface area contributed by atoms with E-state index in [0.29, 0.717) is 6.54 Å². The molecule has 4 nitrogen and oxygen atoms in total. The molecule has 0 radical (unpaired) electrons. The average molecular weight is 248 g/mol. The van der Waals surface area contributed by atoms with Gasteiger partial charge in [-0.05, 0) is 36.0 Å². The number of aromatic nitrogens is 3. The van der Waals surface area contributed by atoms with E-state index >= 15 is 0 Å². The minimum absolute atomic E-state index is 0.530. The molecule has 0 amide bonds. The monoisotopic (exact) mass is 248 g/mol. The van der Waals surface area contributed by atoms with Gasteiger partial charge in [0.05, 0.1) is 0 Å². The lowest BCUT2D eigenvalue weighted by Gasteiger charge is -2.08. The van der Waals surface area contributed by atoms with Crippen molar-refractivity contribution in [2.24, 2.45) is 11.7 Å². The van der Waals surface area contributed by atoms with E-state index in [1.165, 1.54) is 17.9 Å². The zero-order valence-electron chi connectivity index (χ0n) is 9.67. The molecule has 1 fully saturated rings. The van der Waals surface area contributed by atoms with Gasteiger partial charge in [0.1, 0.15) is 5.82 Å². The molecule has 2 aromatic rings. The predicted octanol–water partition coefficient (Wildman–Crippen LogP) is 1.48. The Morgan fingerprint density at radius 3 is 3.12 bits per heavy atom. The molecular formula is C12H16N4S. The number of thioether (sulfide) groups is 1. The number of hydrogen-bond acceptors (Lipinski definition) is 4. The van der Waals surface area contributed by atoms with E-state index in [0.717, 1.165) is 29.5 Å². The van der Waals surface area contributed by atoms with Gasteiger partial charge in [-0.2, -0.15) is 11.8 Å². The molecule has 17 heavy (non-hydrogen) atoms. The Labute approximate surface area is 105 Å². The number of rotatable bonds is 3. The SMILES string of the molecule is NCc1cccc2nnc(CC3CCSC3)n12. The van der Waals surface area contributed by atoms with Crippen LogP contribution >= 0.6 is 11.8 Å². The molecule has 2 aromatic heterocycles. The molecule has 0 saturated carbocycles. The molecular weight excluding hydrogens is 232 g/mol. The summed E-state index contributed by atoms with van der Waals surface area (Å²) in [5.41, 5.74) is 7.77. The van der Waals surface area contributed by atoms with E-state index < -0.39 is 0 Å². The normalized spacial score (nSPS) is 20.2. The number of fused-ring (bicyclic) bond motifs is 1. The van der Waals surface area contributed by atoms with Crippen molar-refractivity contribution in [3.63, 3.8) is 0 Å². The molecule has 0 aliphatic carbocycles. The maximum Gasteiger partial charge on any atom is 0.161 e. The van der Waals surface area contributed by atoms with Crippen molar-refractivity contribution in [3.8, 4) is 0 Å². The summed E-state index contributed by atoms with van der Waals surface area (Å²) in [5.74, 6) is 4.34. The topological polar surface area (TPSA) is 56.2 Å². The molecule has 1 unspecified atom stereocenters. The van der Waals surface area contributed by atoms with Crippen LogP contribution in [0.15, 0.2) is 18.2 Å². The van der Waals surface area contributed by atoms with E-state index in [-0.39, 0.29) is 0 Å². The van der Waals surface area contributed by atoms with Gasteiger partial charge >= 0.3 is 0 Å². The molecule has 0 spiro atoms. The van der Waals surface area contributed by atoms with E-state index in [2.05, 4.69) is 14.6 Å². The standard InChI is InChI=1S/C12H16N4S/c13-7-10-2-1-3-11-14-15-12(16(10)11)6-9-4-5-17-8-9/h1-3,9H,4-8,13H2. The maximum atomic E-state index is 5.77. The first kappa shape index (κ1) is 11.0. The molecule has 2 N–H and O–H groups in total. The molecule has 1 aliphatic heterocycles. The van der Waals surface area contributed by atoms with Crippen molar-refractivity contribution in [1.82, 2.24) is 14.6 Å². The Hall–Kier alpha value is -1.07. The van der Waals surface area contributed by atoms with Crippen LogP contribution in [-0.4, -0.2) is 26.1 Å². The minimum atomic E-state index is 0.530. The zero-order chi connectivity index (χ0) is 11.7. The second-order valence-electron chi connectivity index (χ2n) is 4.46. The van der Waals surface area contributed by atoms with Crippen LogP contribution in [0.3, 0.4) is 0 Å². The lowest BCUT2D eigenvalue weighted by molar-refractivity contribution is 0.570. The van der Waals surface area contributed by atoms with E-state index in [4.69, 9.17) is 5.73 Å². The highest BCUT2D eigenvalue weighted by Gasteiger charge is 2.19. The molecule has 1 aliphatic rings. The Bertz CT molecular complexity index is 516. The molecule has 3 rings (SSSR count). The Balaban J connectivity index is 1.98. The highest BCUT2D eigenvalue weighted by Crippen LogP contribution is 2.26. The first-order valence-corrected chi connectivity index (χ1v) is 7.13. The molecule has 1 atom stereocenters. The maximum absolute atomic E-state index is 5.77. The molecule has 90 valence electrons. The number of nitrogens with zero attached hydrogens (tertiary/aromatic N) is 3. The highest BCUT2D eigenvalue weighted by atomic mass is 32.2. The lowest BCUT2D eigenvalue weighted by Crippen LogP contribution is -2.10. The van der Waals surface area contributed by atoms with Gasteiger partial charge in [0.15, 0.2) is 5.65 Å². The number of nitrogens with two attached hydrogens (primary N) is 1. The molecule has 0 bridgehead atoms. The van der Waals surface area contributed by atoms with Crippen LogP contribution < -0.4 is 5.73 Å². The summed E-state index contributed by atoms with van der Waals surface area (Å²) >= 11 is 2.04. The van der Waals surface area contributed by atoms with Crippen LogP contribution in [0.2, 0.25) is 0 Å². The van der Waals surface area contributed by atoms with Crippen LogP contribution in [0, 0.1) is 5.92 Å². The van der Waals surface area contributed by atoms with Crippen LogP contribution in [-0.2, 0) is 13.0 Å². The summed E-state index contributed by atoms with van der Waals surface area (Å²) in [7, 11) is 0. The summed E-state index contributed by atoms with van der Waals surface area (Å²) in [6.07, 6.45) is 2.32. The summed E-state index contributed by atoms with van der Waals surface area (Å²) in [4.78, 5) is 0. The Morgan fingerprint density at radius 1 is 1.41 bits per heavy atom. The van der Waals surface area contributed by atoms with Gasteiger partial charge in [-0.1, -0.05) is 6.07 Å². The van der Waals surface area contributed by atoms with Gasteiger partial charge < -0.3 is 5.73 Å². The molecule has 5 heteroatoms. The van der Waals surface area contributed by atoms with Crippen molar-refractivity contribution in [3.05, 3.63) is 29.7 Å². The second kappa shape index (κ2) is 4.66. The predicted molar refractivity (Wildman–Crippen MR) is 70.0 cm³/mol. The van der Waals surface area contributed by atoms with Gasteiger partial charge in [0.2, 0.25) is 0 Å². The third-order valence-electron chi connectivity index (χ3n) is 3.28. The summed E-state index contributed by atoms with van der Waals surface area (Å²) in [6, 6.07) is 6.02. The quantitative estimate of drug-likeness (QED) is 0.894. The average Bonchev–Trinajstić information content (AvgIpc) is 2.99. The van der Waals surface area contributed by atoms with Crippen molar-refractivity contribution in [2.45, 2.75) is 19.4 Å².